The van der Waals surface area contributed by atoms with Gasteiger partial charge in [0.15, 0.2) is 0 Å². The summed E-state index contributed by atoms with van der Waals surface area (Å²) in [7, 11) is 4.41. The van der Waals surface area contributed by atoms with Crippen molar-refractivity contribution in [2.45, 2.75) is 50.3 Å². The third kappa shape index (κ3) is 2.19. The Morgan fingerprint density at radius 2 is 2.13 bits per heavy atom. The van der Waals surface area contributed by atoms with Crippen LogP contribution in [0.25, 0.3) is 0 Å². The van der Waals surface area contributed by atoms with Crippen molar-refractivity contribution in [3.63, 3.8) is 0 Å². The number of likely N-dealkylation sites (N-methyl/N-ethyl adjacent to an activating group) is 1. The largest absolute Gasteiger partial charge is 0.377 e. The van der Waals surface area contributed by atoms with E-state index in [1.54, 1.807) is 0 Å². The zero-order valence-corrected chi connectivity index (χ0v) is 10.3. The number of rotatable bonds is 4. The first-order chi connectivity index (χ1) is 7.14. The van der Waals surface area contributed by atoms with E-state index in [9.17, 15) is 0 Å². The summed E-state index contributed by atoms with van der Waals surface area (Å²) >= 11 is 0. The molecule has 0 aromatic carbocycles. The Labute approximate surface area is 93.2 Å². The molecule has 0 aromatic heterocycles. The van der Waals surface area contributed by atoms with Crippen LogP contribution in [0.15, 0.2) is 0 Å². The Bertz CT molecular complexity index is 214. The molecule has 3 heteroatoms. The van der Waals surface area contributed by atoms with Crippen molar-refractivity contribution in [1.29, 1.82) is 0 Å². The van der Waals surface area contributed by atoms with E-state index in [0.29, 0.717) is 17.7 Å². The summed E-state index contributed by atoms with van der Waals surface area (Å²) in [6.45, 7) is 4.22. The SMILES string of the molecule is CC1OCCC1NCC1(N(C)C)CCC1. The monoisotopic (exact) mass is 212 g/mol. The highest BCUT2D eigenvalue weighted by molar-refractivity contribution is 4.98. The summed E-state index contributed by atoms with van der Waals surface area (Å²) < 4.78 is 5.57. The van der Waals surface area contributed by atoms with E-state index >= 15 is 0 Å². The Morgan fingerprint density at radius 3 is 2.53 bits per heavy atom. The predicted octanol–water partition coefficient (Wildman–Crippen LogP) is 1.24. The summed E-state index contributed by atoms with van der Waals surface area (Å²) in [5.41, 5.74) is 0.433. The lowest BCUT2D eigenvalue weighted by Crippen LogP contribution is -2.58. The van der Waals surface area contributed by atoms with Crippen molar-refractivity contribution < 1.29 is 4.74 Å². The maximum Gasteiger partial charge on any atom is 0.0700 e. The summed E-state index contributed by atoms with van der Waals surface area (Å²) in [5, 5.41) is 3.69. The van der Waals surface area contributed by atoms with E-state index in [1.165, 1.54) is 25.7 Å². The minimum absolute atomic E-state index is 0.393. The second kappa shape index (κ2) is 4.40. The number of hydrogen-bond acceptors (Lipinski definition) is 3. The van der Waals surface area contributed by atoms with Crippen LogP contribution in [0.1, 0.15) is 32.6 Å². The maximum atomic E-state index is 5.57. The third-order valence-electron chi connectivity index (χ3n) is 4.30. The van der Waals surface area contributed by atoms with Gasteiger partial charge in [-0.25, -0.2) is 0 Å². The molecule has 88 valence electrons. The van der Waals surface area contributed by atoms with Gasteiger partial charge in [-0.1, -0.05) is 0 Å². The summed E-state index contributed by atoms with van der Waals surface area (Å²) in [4.78, 5) is 2.39. The molecule has 1 aliphatic heterocycles. The van der Waals surface area contributed by atoms with E-state index < -0.39 is 0 Å². The Hall–Kier alpha value is -0.120. The van der Waals surface area contributed by atoms with Gasteiger partial charge in [0.05, 0.1) is 6.10 Å². The van der Waals surface area contributed by atoms with Gasteiger partial charge in [0.1, 0.15) is 0 Å². The van der Waals surface area contributed by atoms with Gasteiger partial charge in [-0.3, -0.25) is 0 Å². The van der Waals surface area contributed by atoms with Gasteiger partial charge in [-0.05, 0) is 46.7 Å². The average Bonchev–Trinajstić information content (AvgIpc) is 2.49. The lowest BCUT2D eigenvalue weighted by molar-refractivity contribution is 0.0513. The molecular weight excluding hydrogens is 188 g/mol. The molecule has 2 aliphatic rings. The van der Waals surface area contributed by atoms with Gasteiger partial charge in [0.2, 0.25) is 0 Å². The summed E-state index contributed by atoms with van der Waals surface area (Å²) in [6, 6.07) is 0.572. The lowest BCUT2D eigenvalue weighted by Gasteiger charge is -2.48. The van der Waals surface area contributed by atoms with Crippen molar-refractivity contribution in [1.82, 2.24) is 10.2 Å². The molecule has 2 fully saturated rings. The second-order valence-electron chi connectivity index (χ2n) is 5.32. The smallest absolute Gasteiger partial charge is 0.0700 e. The molecule has 1 aliphatic carbocycles. The maximum absolute atomic E-state index is 5.57. The van der Waals surface area contributed by atoms with Crippen LogP contribution in [-0.2, 0) is 4.74 Å². The van der Waals surface area contributed by atoms with Gasteiger partial charge in [0, 0.05) is 24.7 Å². The molecule has 0 radical (unpaired) electrons. The van der Waals surface area contributed by atoms with Crippen LogP contribution in [0.2, 0.25) is 0 Å². The Morgan fingerprint density at radius 1 is 1.40 bits per heavy atom. The van der Waals surface area contributed by atoms with Crippen LogP contribution < -0.4 is 5.32 Å². The van der Waals surface area contributed by atoms with Gasteiger partial charge >= 0.3 is 0 Å². The summed E-state index contributed by atoms with van der Waals surface area (Å²) in [5.74, 6) is 0. The number of nitrogens with zero attached hydrogens (tertiary/aromatic N) is 1. The zero-order chi connectivity index (χ0) is 10.9. The standard InChI is InChI=1S/C12H24N2O/c1-10-11(5-8-15-10)13-9-12(14(2)3)6-4-7-12/h10-11,13H,4-9H2,1-3H3. The molecule has 1 saturated carbocycles. The first-order valence-electron chi connectivity index (χ1n) is 6.16. The molecule has 0 amide bonds. The van der Waals surface area contributed by atoms with Crippen molar-refractivity contribution in [2.24, 2.45) is 0 Å². The molecule has 1 N–H and O–H groups in total. The second-order valence-corrected chi connectivity index (χ2v) is 5.32. The molecule has 2 unspecified atom stereocenters. The van der Waals surface area contributed by atoms with Crippen LogP contribution in [-0.4, -0.2) is 49.8 Å². The van der Waals surface area contributed by atoms with Crippen molar-refractivity contribution in [2.75, 3.05) is 27.2 Å². The molecule has 1 saturated heterocycles. The quantitative estimate of drug-likeness (QED) is 0.759. The lowest BCUT2D eigenvalue weighted by atomic mass is 9.75. The van der Waals surface area contributed by atoms with Crippen molar-refractivity contribution in [3.8, 4) is 0 Å². The predicted molar refractivity (Wildman–Crippen MR) is 62.1 cm³/mol. The normalized spacial score (nSPS) is 34.4. The molecule has 1 heterocycles. The fourth-order valence-electron chi connectivity index (χ4n) is 2.69. The van der Waals surface area contributed by atoms with Crippen LogP contribution in [0.3, 0.4) is 0 Å². The van der Waals surface area contributed by atoms with Crippen molar-refractivity contribution in [3.05, 3.63) is 0 Å². The summed E-state index contributed by atoms with van der Waals surface area (Å²) in [6.07, 6.45) is 5.63. The fraction of sp³-hybridized carbons (Fsp3) is 1.00. The van der Waals surface area contributed by atoms with Gasteiger partial charge < -0.3 is 15.0 Å². The molecule has 0 bridgehead atoms. The van der Waals surface area contributed by atoms with Gasteiger partial charge in [-0.2, -0.15) is 0 Å². The van der Waals surface area contributed by atoms with Crippen molar-refractivity contribution >= 4 is 0 Å². The molecule has 3 nitrogen and oxygen atoms in total. The molecule has 2 rings (SSSR count). The number of hydrogen-bond donors (Lipinski definition) is 1. The van der Waals surface area contributed by atoms with Crippen LogP contribution in [0.5, 0.6) is 0 Å². The molecule has 0 spiro atoms. The Balaban J connectivity index is 1.81. The fourth-order valence-corrected chi connectivity index (χ4v) is 2.69. The zero-order valence-electron chi connectivity index (χ0n) is 10.3. The third-order valence-corrected chi connectivity index (χ3v) is 4.30. The van der Waals surface area contributed by atoms with E-state index in [-0.39, 0.29) is 0 Å². The van der Waals surface area contributed by atoms with E-state index in [0.717, 1.165) is 13.2 Å². The number of nitrogens with one attached hydrogen (secondary N) is 1. The Kier molecular flexibility index (Phi) is 3.33. The molecule has 15 heavy (non-hydrogen) atoms. The number of ether oxygens (including phenoxy) is 1. The minimum Gasteiger partial charge on any atom is -0.377 e. The topological polar surface area (TPSA) is 24.5 Å². The van der Waals surface area contributed by atoms with E-state index in [1.807, 2.05) is 0 Å². The van der Waals surface area contributed by atoms with Crippen LogP contribution in [0, 0.1) is 0 Å². The van der Waals surface area contributed by atoms with E-state index in [2.05, 4.69) is 31.2 Å². The first kappa shape index (κ1) is 11.4. The van der Waals surface area contributed by atoms with E-state index in [4.69, 9.17) is 4.74 Å². The molecule has 0 aromatic rings. The average molecular weight is 212 g/mol. The first-order valence-corrected chi connectivity index (χ1v) is 6.16. The van der Waals surface area contributed by atoms with Gasteiger partial charge in [0.25, 0.3) is 0 Å². The van der Waals surface area contributed by atoms with Crippen LogP contribution in [0.4, 0.5) is 0 Å². The molecule has 2 atom stereocenters. The molecular formula is C12H24N2O. The highest BCUT2D eigenvalue weighted by atomic mass is 16.5. The van der Waals surface area contributed by atoms with Crippen LogP contribution >= 0.6 is 0 Å². The minimum atomic E-state index is 0.393. The highest BCUT2D eigenvalue weighted by Crippen LogP contribution is 2.35. The highest BCUT2D eigenvalue weighted by Gasteiger charge is 2.39. The van der Waals surface area contributed by atoms with Gasteiger partial charge in [-0.15, -0.1) is 0 Å².